The van der Waals surface area contributed by atoms with Crippen molar-refractivity contribution in [1.82, 2.24) is 15.5 Å². The van der Waals surface area contributed by atoms with Crippen LogP contribution in [-0.2, 0) is 15.5 Å². The lowest BCUT2D eigenvalue weighted by atomic mass is 9.84. The molecule has 0 spiro atoms. The van der Waals surface area contributed by atoms with E-state index < -0.39 is 17.0 Å². The van der Waals surface area contributed by atoms with Crippen LogP contribution < -0.4 is 10.6 Å². The van der Waals surface area contributed by atoms with Gasteiger partial charge in [0, 0.05) is 37.9 Å². The molecule has 2 saturated heterocycles. The highest BCUT2D eigenvalue weighted by Crippen LogP contribution is 2.32. The van der Waals surface area contributed by atoms with Gasteiger partial charge < -0.3 is 15.4 Å². The summed E-state index contributed by atoms with van der Waals surface area (Å²) in [6, 6.07) is 0.167. The smallest absolute Gasteiger partial charge is 0.188 e. The van der Waals surface area contributed by atoms with Gasteiger partial charge >= 0.3 is 0 Å². The summed E-state index contributed by atoms with van der Waals surface area (Å²) in [5, 5.41) is 7.53. The number of rotatable bonds is 4. The minimum atomic E-state index is -1.20. The summed E-state index contributed by atoms with van der Waals surface area (Å²) in [6.07, 6.45) is 4.15. The lowest BCUT2D eigenvalue weighted by molar-refractivity contribution is -0.0136. The molecule has 0 aromatic rings. The number of piperidine rings is 2. The maximum Gasteiger partial charge on any atom is 0.188 e. The molecule has 8 heteroatoms. The van der Waals surface area contributed by atoms with Crippen molar-refractivity contribution in [3.05, 3.63) is 0 Å². The fourth-order valence-corrected chi connectivity index (χ4v) is 7.24. The summed E-state index contributed by atoms with van der Waals surface area (Å²) in [5.74, 6) is 1.25. The van der Waals surface area contributed by atoms with Crippen molar-refractivity contribution in [3.8, 4) is 0 Å². The first-order chi connectivity index (χ1) is 14.0. The number of hydrogen-bond donors (Lipinski definition) is 2. The van der Waals surface area contributed by atoms with Crippen LogP contribution in [0.3, 0.4) is 0 Å². The fraction of sp³-hybridized carbons (Fsp3) is 0.952. The minimum Gasteiger partial charge on any atom is -0.381 e. The van der Waals surface area contributed by atoms with E-state index in [1.54, 1.807) is 7.11 Å². The standard InChI is InChI=1S/C21H37FN4O2S/c1-13-11-23-18(14(2)20(13)28-3)12-29(27)21-24-16-9-15(22)19(10-17(16)25-21)26-7-5-4-6-8-26/h13-20,23H,4-12H2,1-3H3,(H,24,25). The average Bonchev–Trinajstić information content (AvgIpc) is 3.13. The monoisotopic (exact) mass is 428 g/mol. The van der Waals surface area contributed by atoms with Crippen LogP contribution in [-0.4, -0.2) is 83.2 Å². The van der Waals surface area contributed by atoms with Gasteiger partial charge in [0.1, 0.15) is 6.17 Å². The molecule has 0 bridgehead atoms. The number of nitrogens with one attached hydrogen (secondary N) is 2. The lowest BCUT2D eigenvalue weighted by Gasteiger charge is -2.42. The molecule has 4 rings (SSSR count). The molecule has 9 unspecified atom stereocenters. The number of alkyl halides is 1. The molecule has 0 radical (unpaired) electrons. The van der Waals surface area contributed by atoms with Crippen LogP contribution in [0.1, 0.15) is 46.0 Å². The van der Waals surface area contributed by atoms with Crippen molar-refractivity contribution in [2.75, 3.05) is 32.5 Å². The Morgan fingerprint density at radius 2 is 2.00 bits per heavy atom. The molecular formula is C21H37FN4O2S. The highest BCUT2D eigenvalue weighted by molar-refractivity contribution is 8.00. The molecule has 3 heterocycles. The Labute approximate surface area is 176 Å². The summed E-state index contributed by atoms with van der Waals surface area (Å²) in [4.78, 5) is 7.01. The van der Waals surface area contributed by atoms with E-state index in [1.807, 2.05) is 0 Å². The molecule has 0 amide bonds. The molecule has 9 atom stereocenters. The molecule has 3 aliphatic heterocycles. The zero-order valence-corrected chi connectivity index (χ0v) is 18.8. The van der Waals surface area contributed by atoms with Crippen molar-refractivity contribution in [2.45, 2.75) is 82.4 Å². The first kappa shape index (κ1) is 21.7. The second-order valence-corrected chi connectivity index (χ2v) is 10.9. The van der Waals surface area contributed by atoms with Gasteiger partial charge in [-0.2, -0.15) is 0 Å². The molecule has 2 N–H and O–H groups in total. The number of amidine groups is 1. The fourth-order valence-electron chi connectivity index (χ4n) is 5.80. The highest BCUT2D eigenvalue weighted by Gasteiger charge is 2.44. The van der Waals surface area contributed by atoms with Gasteiger partial charge in [0.25, 0.3) is 0 Å². The summed E-state index contributed by atoms with van der Waals surface area (Å²) in [5.41, 5.74) is 0. The maximum atomic E-state index is 14.9. The molecule has 29 heavy (non-hydrogen) atoms. The molecule has 1 saturated carbocycles. The molecule has 3 fully saturated rings. The largest absolute Gasteiger partial charge is 0.381 e. The quantitative estimate of drug-likeness (QED) is 0.713. The van der Waals surface area contributed by atoms with Gasteiger partial charge in [-0.25, -0.2) is 4.39 Å². The van der Waals surface area contributed by atoms with Crippen molar-refractivity contribution < 1.29 is 13.3 Å². The van der Waals surface area contributed by atoms with Crippen molar-refractivity contribution in [1.29, 1.82) is 0 Å². The topological polar surface area (TPSA) is 66.0 Å². The zero-order chi connectivity index (χ0) is 20.5. The minimum absolute atomic E-state index is 0.0176. The van der Waals surface area contributed by atoms with E-state index >= 15 is 0 Å². The summed E-state index contributed by atoms with van der Waals surface area (Å²) in [7, 11) is 0.559. The van der Waals surface area contributed by atoms with Crippen LogP contribution in [0.5, 0.6) is 0 Å². The second-order valence-electron chi connectivity index (χ2n) is 9.47. The number of likely N-dealkylation sites (tertiary alicyclic amines) is 1. The first-order valence-corrected chi connectivity index (χ1v) is 12.7. The third-order valence-electron chi connectivity index (χ3n) is 7.53. The van der Waals surface area contributed by atoms with Gasteiger partial charge in [0.2, 0.25) is 0 Å². The highest BCUT2D eigenvalue weighted by atomic mass is 32.2. The molecule has 4 aliphatic rings. The molecule has 1 aliphatic carbocycles. The zero-order valence-electron chi connectivity index (χ0n) is 18.0. The molecule has 166 valence electrons. The molecule has 0 aromatic carbocycles. The van der Waals surface area contributed by atoms with Crippen LogP contribution in [0.15, 0.2) is 4.99 Å². The Bertz CT molecular complexity index is 630. The molecule has 6 nitrogen and oxygen atoms in total. The van der Waals surface area contributed by atoms with Crippen LogP contribution in [0.2, 0.25) is 0 Å². The number of nitrogens with zero attached hydrogens (tertiary/aromatic N) is 2. The van der Waals surface area contributed by atoms with Crippen LogP contribution in [0.4, 0.5) is 4.39 Å². The van der Waals surface area contributed by atoms with Gasteiger partial charge in [-0.05, 0) is 44.2 Å². The Kier molecular flexibility index (Phi) is 6.93. The normalized spacial score (nSPS) is 44.6. The number of aliphatic imine (C=N–C) groups is 1. The van der Waals surface area contributed by atoms with Gasteiger partial charge in [0.05, 0.1) is 29.0 Å². The first-order valence-electron chi connectivity index (χ1n) is 11.3. The number of ether oxygens (including phenoxy) is 1. The van der Waals surface area contributed by atoms with Gasteiger partial charge in [0.15, 0.2) is 5.17 Å². The number of hydrogen-bond acceptors (Lipinski definition) is 6. The Morgan fingerprint density at radius 1 is 1.24 bits per heavy atom. The Morgan fingerprint density at radius 3 is 2.72 bits per heavy atom. The number of methoxy groups -OCH3 is 1. The third kappa shape index (κ3) is 4.55. The lowest BCUT2D eigenvalue weighted by Crippen LogP contribution is -2.56. The number of halogens is 1. The van der Waals surface area contributed by atoms with E-state index in [2.05, 4.69) is 34.4 Å². The third-order valence-corrected chi connectivity index (χ3v) is 8.85. The second kappa shape index (κ2) is 9.28. The predicted molar refractivity (Wildman–Crippen MR) is 115 cm³/mol. The van der Waals surface area contributed by atoms with Crippen molar-refractivity contribution >= 4 is 16.0 Å². The predicted octanol–water partition coefficient (Wildman–Crippen LogP) is 1.68. The van der Waals surface area contributed by atoms with E-state index in [0.717, 1.165) is 26.1 Å². The van der Waals surface area contributed by atoms with E-state index in [0.29, 0.717) is 23.3 Å². The van der Waals surface area contributed by atoms with Gasteiger partial charge in [-0.15, -0.1) is 0 Å². The van der Waals surface area contributed by atoms with Gasteiger partial charge in [-0.1, -0.05) is 20.3 Å². The van der Waals surface area contributed by atoms with E-state index in [-0.39, 0.29) is 36.2 Å². The Balaban J connectivity index is 1.35. The van der Waals surface area contributed by atoms with E-state index in [9.17, 15) is 8.60 Å². The van der Waals surface area contributed by atoms with Crippen LogP contribution in [0, 0.1) is 11.8 Å². The maximum absolute atomic E-state index is 14.9. The molecular weight excluding hydrogens is 391 g/mol. The summed E-state index contributed by atoms with van der Waals surface area (Å²) < 4.78 is 33.7. The average molecular weight is 429 g/mol. The van der Waals surface area contributed by atoms with Crippen molar-refractivity contribution in [3.63, 3.8) is 0 Å². The molecule has 0 aromatic heterocycles. The van der Waals surface area contributed by atoms with Gasteiger partial charge in [-0.3, -0.25) is 14.1 Å². The summed E-state index contributed by atoms with van der Waals surface area (Å²) in [6.45, 7) is 7.24. The van der Waals surface area contributed by atoms with Crippen LogP contribution in [0.25, 0.3) is 0 Å². The number of fused-ring (bicyclic) bond motifs is 1. The van der Waals surface area contributed by atoms with Crippen molar-refractivity contribution in [2.24, 2.45) is 16.8 Å². The Hall–Kier alpha value is -0.570. The van der Waals surface area contributed by atoms with E-state index in [4.69, 9.17) is 4.74 Å². The van der Waals surface area contributed by atoms with Crippen LogP contribution >= 0.6 is 0 Å². The summed E-state index contributed by atoms with van der Waals surface area (Å²) >= 11 is 0. The SMILES string of the molecule is COC1C(C)CNC(CS(=O)C2=NC3CC(F)C(N4CCCCC4)CC3N2)C1C. The van der Waals surface area contributed by atoms with E-state index in [1.165, 1.54) is 19.3 Å².